The molecule has 4 unspecified atom stereocenters. The van der Waals surface area contributed by atoms with Crippen molar-refractivity contribution in [3.05, 3.63) is 12.2 Å². The van der Waals surface area contributed by atoms with Gasteiger partial charge >= 0.3 is 0 Å². The lowest BCUT2D eigenvalue weighted by atomic mass is 9.84. The van der Waals surface area contributed by atoms with Gasteiger partial charge in [-0.25, -0.2) is 0 Å². The summed E-state index contributed by atoms with van der Waals surface area (Å²) in [6.45, 7) is 16.8. The first-order valence-electron chi connectivity index (χ1n) is 9.06. The van der Waals surface area contributed by atoms with Crippen molar-refractivity contribution < 1.29 is 0 Å². The van der Waals surface area contributed by atoms with Crippen molar-refractivity contribution in [2.75, 3.05) is 0 Å². The normalized spacial score (nSPS) is 34.9. The molecule has 0 nitrogen and oxygen atoms in total. The van der Waals surface area contributed by atoms with Crippen LogP contribution < -0.4 is 0 Å². The fourth-order valence-corrected chi connectivity index (χ4v) is 5.18. The maximum absolute atomic E-state index is 2.58. The summed E-state index contributed by atoms with van der Waals surface area (Å²) in [6, 6.07) is 0. The summed E-state index contributed by atoms with van der Waals surface area (Å²) in [5.41, 5.74) is 1.18. The fourth-order valence-electron chi connectivity index (χ4n) is 5.18. The second kappa shape index (κ2) is 7.14. The molecule has 0 heteroatoms. The van der Waals surface area contributed by atoms with Crippen molar-refractivity contribution in [3.63, 3.8) is 0 Å². The molecule has 20 heavy (non-hydrogen) atoms. The zero-order valence-electron chi connectivity index (χ0n) is 15.1. The molecule has 1 aliphatic rings. The van der Waals surface area contributed by atoms with Gasteiger partial charge < -0.3 is 0 Å². The lowest BCUT2D eigenvalue weighted by molar-refractivity contribution is 0.313. The van der Waals surface area contributed by atoms with Gasteiger partial charge in [0, 0.05) is 0 Å². The van der Waals surface area contributed by atoms with E-state index in [1.807, 2.05) is 0 Å². The number of allylic oxidation sites excluding steroid dienone is 2. The summed E-state index contributed by atoms with van der Waals surface area (Å²) in [4.78, 5) is 0. The van der Waals surface area contributed by atoms with Crippen molar-refractivity contribution >= 4 is 0 Å². The van der Waals surface area contributed by atoms with Gasteiger partial charge in [0.15, 0.2) is 0 Å². The smallest absolute Gasteiger partial charge is 0.0170 e. The zero-order chi connectivity index (χ0) is 15.4. The van der Waals surface area contributed by atoms with Crippen molar-refractivity contribution in [3.8, 4) is 0 Å². The lowest BCUT2D eigenvalue weighted by Crippen LogP contribution is -2.11. The Kier molecular flexibility index (Phi) is 6.35. The largest absolute Gasteiger partial charge is 0.0877 e. The molecule has 0 radical (unpaired) electrons. The van der Waals surface area contributed by atoms with Crippen molar-refractivity contribution in [2.45, 2.75) is 87.0 Å². The van der Waals surface area contributed by atoms with Gasteiger partial charge in [0.1, 0.15) is 0 Å². The molecule has 1 fully saturated rings. The van der Waals surface area contributed by atoms with Crippen LogP contribution in [0.5, 0.6) is 0 Å². The number of rotatable bonds is 9. The molecule has 0 aliphatic heterocycles. The first-order valence-corrected chi connectivity index (χ1v) is 9.06. The Morgan fingerprint density at radius 3 is 2.05 bits per heavy atom. The second-order valence-electron chi connectivity index (χ2n) is 7.81. The quantitative estimate of drug-likeness (QED) is 0.404. The van der Waals surface area contributed by atoms with Gasteiger partial charge in [0.25, 0.3) is 0 Å². The van der Waals surface area contributed by atoms with Gasteiger partial charge in [-0.1, -0.05) is 79.9 Å². The minimum atomic E-state index is 0.589. The summed E-state index contributed by atoms with van der Waals surface area (Å²) in [5, 5.41) is 0. The minimum absolute atomic E-state index is 0.589. The molecule has 0 aromatic carbocycles. The van der Waals surface area contributed by atoms with Gasteiger partial charge in [-0.2, -0.15) is 0 Å². The Labute approximate surface area is 128 Å². The third kappa shape index (κ3) is 3.15. The van der Waals surface area contributed by atoms with Gasteiger partial charge in [-0.3, -0.25) is 0 Å². The number of hydrogen-bond donors (Lipinski definition) is 0. The Balaban J connectivity index is 2.88. The Morgan fingerprint density at radius 2 is 1.60 bits per heavy atom. The second-order valence-corrected chi connectivity index (χ2v) is 7.81. The zero-order valence-corrected chi connectivity index (χ0v) is 15.1. The van der Waals surface area contributed by atoms with E-state index < -0.39 is 0 Å². The van der Waals surface area contributed by atoms with Crippen molar-refractivity contribution in [2.24, 2.45) is 28.6 Å². The summed E-state index contributed by atoms with van der Waals surface area (Å²) < 4.78 is 0. The SMILES string of the molecule is CCCC1(C)C(C(C)C)C1(CC=CC(C)CC)CCC. The molecule has 1 aliphatic carbocycles. The molecule has 0 bridgehead atoms. The minimum Gasteiger partial charge on any atom is -0.0877 e. The molecule has 4 atom stereocenters. The molecule has 0 heterocycles. The maximum Gasteiger partial charge on any atom is -0.0170 e. The topological polar surface area (TPSA) is 0 Å². The van der Waals surface area contributed by atoms with E-state index in [9.17, 15) is 0 Å². The molecule has 1 saturated carbocycles. The van der Waals surface area contributed by atoms with E-state index >= 15 is 0 Å². The van der Waals surface area contributed by atoms with Gasteiger partial charge in [-0.15, -0.1) is 0 Å². The van der Waals surface area contributed by atoms with Crippen LogP contribution >= 0.6 is 0 Å². The third-order valence-electron chi connectivity index (χ3n) is 6.06. The Bertz CT molecular complexity index is 314. The highest BCUT2D eigenvalue weighted by molar-refractivity contribution is 5.21. The van der Waals surface area contributed by atoms with Crippen LogP contribution in [-0.2, 0) is 0 Å². The molecule has 0 amide bonds. The summed E-state index contributed by atoms with van der Waals surface area (Å²) >= 11 is 0. The highest BCUT2D eigenvalue weighted by Crippen LogP contribution is 2.77. The van der Waals surface area contributed by atoms with Crippen molar-refractivity contribution in [1.82, 2.24) is 0 Å². The van der Waals surface area contributed by atoms with Gasteiger partial charge in [-0.05, 0) is 47.8 Å². The van der Waals surface area contributed by atoms with Crippen LogP contribution in [0.1, 0.15) is 87.0 Å². The predicted octanol–water partition coefficient (Wildman–Crippen LogP) is 6.86. The average Bonchev–Trinajstić information content (AvgIpc) is 2.88. The molecule has 0 saturated heterocycles. The van der Waals surface area contributed by atoms with E-state index in [-0.39, 0.29) is 0 Å². The third-order valence-corrected chi connectivity index (χ3v) is 6.06. The van der Waals surface area contributed by atoms with Gasteiger partial charge in [0.2, 0.25) is 0 Å². The van der Waals surface area contributed by atoms with Crippen LogP contribution in [0.2, 0.25) is 0 Å². The van der Waals surface area contributed by atoms with Crippen LogP contribution in [0.25, 0.3) is 0 Å². The van der Waals surface area contributed by atoms with Crippen LogP contribution in [0.3, 0.4) is 0 Å². The average molecular weight is 279 g/mol. The summed E-state index contributed by atoms with van der Waals surface area (Å²) in [5.74, 6) is 2.49. The molecule has 0 N–H and O–H groups in total. The first-order chi connectivity index (χ1) is 9.39. The first kappa shape index (κ1) is 17.8. The Hall–Kier alpha value is -0.260. The standard InChI is InChI=1S/C20H38/c1-8-13-19(7)18(16(4)5)20(19,14-9-2)15-11-12-17(6)10-3/h11-12,16-18H,8-10,13-15H2,1-7H3. The Morgan fingerprint density at radius 1 is 1.00 bits per heavy atom. The lowest BCUT2D eigenvalue weighted by Gasteiger charge is -2.21. The molecule has 0 spiro atoms. The maximum atomic E-state index is 2.58. The molecular formula is C20H38. The van der Waals surface area contributed by atoms with E-state index in [4.69, 9.17) is 0 Å². The van der Waals surface area contributed by atoms with E-state index in [0.717, 1.165) is 17.8 Å². The monoisotopic (exact) mass is 278 g/mol. The molecular weight excluding hydrogens is 240 g/mol. The van der Waals surface area contributed by atoms with Crippen LogP contribution in [-0.4, -0.2) is 0 Å². The van der Waals surface area contributed by atoms with E-state index in [1.54, 1.807) is 0 Å². The predicted molar refractivity (Wildman–Crippen MR) is 91.9 cm³/mol. The molecule has 1 rings (SSSR count). The van der Waals surface area contributed by atoms with Crippen LogP contribution in [0, 0.1) is 28.6 Å². The van der Waals surface area contributed by atoms with E-state index in [2.05, 4.69) is 60.6 Å². The fraction of sp³-hybridized carbons (Fsp3) is 0.900. The molecule has 0 aromatic heterocycles. The van der Waals surface area contributed by atoms with Crippen LogP contribution in [0.4, 0.5) is 0 Å². The van der Waals surface area contributed by atoms with E-state index in [1.165, 1.54) is 38.5 Å². The number of hydrogen-bond acceptors (Lipinski definition) is 0. The highest BCUT2D eigenvalue weighted by Gasteiger charge is 2.71. The highest BCUT2D eigenvalue weighted by atomic mass is 14.7. The summed E-state index contributed by atoms with van der Waals surface area (Å²) in [7, 11) is 0. The molecule has 0 aromatic rings. The van der Waals surface area contributed by atoms with Gasteiger partial charge in [0.05, 0.1) is 0 Å². The molecule has 118 valence electrons. The van der Waals surface area contributed by atoms with E-state index in [0.29, 0.717) is 10.8 Å². The summed E-state index contributed by atoms with van der Waals surface area (Å²) in [6.07, 6.45) is 13.0. The van der Waals surface area contributed by atoms with Crippen LogP contribution in [0.15, 0.2) is 12.2 Å². The van der Waals surface area contributed by atoms with Crippen molar-refractivity contribution in [1.29, 1.82) is 0 Å².